The summed E-state index contributed by atoms with van der Waals surface area (Å²) in [4.78, 5) is 3.38. The van der Waals surface area contributed by atoms with Crippen molar-refractivity contribution in [2.45, 2.75) is 6.10 Å². The average Bonchev–Trinajstić information content (AvgIpc) is 3.16. The van der Waals surface area contributed by atoms with Crippen molar-refractivity contribution < 1.29 is 28.1 Å². The van der Waals surface area contributed by atoms with Crippen molar-refractivity contribution in [1.29, 1.82) is 0 Å². The van der Waals surface area contributed by atoms with Crippen LogP contribution in [-0.4, -0.2) is 56.7 Å². The van der Waals surface area contributed by atoms with Crippen molar-refractivity contribution in [2.24, 2.45) is 0 Å². The van der Waals surface area contributed by atoms with E-state index in [9.17, 15) is 18.6 Å². The van der Waals surface area contributed by atoms with Crippen LogP contribution in [0.25, 0.3) is 21.8 Å². The van der Waals surface area contributed by atoms with Crippen molar-refractivity contribution in [3.63, 3.8) is 0 Å². The van der Waals surface area contributed by atoms with E-state index in [2.05, 4.69) is 15.0 Å². The first kappa shape index (κ1) is 23.7. The van der Waals surface area contributed by atoms with E-state index in [-0.39, 0.29) is 18.0 Å². The molecule has 0 spiro atoms. The Labute approximate surface area is 197 Å². The lowest BCUT2D eigenvalue weighted by Gasteiger charge is -2.15. The van der Waals surface area contributed by atoms with Crippen LogP contribution >= 0.6 is 0 Å². The molecule has 0 saturated heterocycles. The molecule has 10 heteroatoms. The van der Waals surface area contributed by atoms with Gasteiger partial charge in [-0.3, -0.25) is 4.72 Å². The number of ether oxygens (including phenoxy) is 2. The Morgan fingerprint density at radius 3 is 2.35 bits per heavy atom. The molecule has 34 heavy (non-hydrogen) atoms. The number of H-pyrrole nitrogens is 1. The molecule has 0 aliphatic carbocycles. The van der Waals surface area contributed by atoms with Gasteiger partial charge in [0.25, 0.3) is 0 Å². The van der Waals surface area contributed by atoms with Crippen molar-refractivity contribution in [3.05, 3.63) is 60.2 Å². The molecule has 0 fully saturated rings. The lowest BCUT2D eigenvalue weighted by Crippen LogP contribution is -2.26. The maximum absolute atomic E-state index is 11.4. The predicted octanol–water partition coefficient (Wildman–Crippen LogP) is 3.11. The van der Waals surface area contributed by atoms with E-state index in [4.69, 9.17) is 9.47 Å². The zero-order valence-corrected chi connectivity index (χ0v) is 19.6. The highest BCUT2D eigenvalue weighted by atomic mass is 32.2. The van der Waals surface area contributed by atoms with Crippen LogP contribution in [-0.2, 0) is 10.0 Å². The Kier molecular flexibility index (Phi) is 6.82. The molecule has 0 saturated carbocycles. The average molecular weight is 486 g/mol. The number of fused-ring (bicyclic) bond motifs is 3. The molecular weight excluding hydrogens is 458 g/mol. The molecule has 0 aliphatic heterocycles. The van der Waals surface area contributed by atoms with E-state index >= 15 is 0 Å². The lowest BCUT2D eigenvalue weighted by molar-refractivity contribution is 0.172. The second-order valence-corrected chi connectivity index (χ2v) is 9.71. The molecule has 180 valence electrons. The van der Waals surface area contributed by atoms with Gasteiger partial charge < -0.3 is 30.0 Å². The fourth-order valence-corrected chi connectivity index (χ4v) is 4.29. The van der Waals surface area contributed by atoms with Gasteiger partial charge in [0.1, 0.15) is 23.9 Å². The smallest absolute Gasteiger partial charge is 0.229 e. The van der Waals surface area contributed by atoms with Crippen LogP contribution in [0.3, 0.4) is 0 Å². The van der Waals surface area contributed by atoms with Crippen molar-refractivity contribution in [1.82, 2.24) is 10.3 Å². The summed E-state index contributed by atoms with van der Waals surface area (Å²) >= 11 is 0. The number of hydrogen-bond donors (Lipinski definition) is 5. The maximum Gasteiger partial charge on any atom is 0.229 e. The first-order valence-corrected chi connectivity index (χ1v) is 12.5. The number of aromatic amines is 1. The highest BCUT2D eigenvalue weighted by Crippen LogP contribution is 2.31. The number of anilines is 1. The van der Waals surface area contributed by atoms with Gasteiger partial charge in [-0.05, 0) is 42.0 Å². The minimum Gasteiger partial charge on any atom is -0.506 e. The maximum atomic E-state index is 11.4. The molecule has 1 heterocycles. The second kappa shape index (κ2) is 9.80. The predicted molar refractivity (Wildman–Crippen MR) is 132 cm³/mol. The standard InChI is InChI=1S/C24H27N3O6S/c1-32-16-4-6-18-19-7-5-17(13-21(19)26-20(18)12-16)33-10-9-25-14-24(29)15-3-8-23(28)22(11-15)27-34(2,30)31/h3-8,11-13,24-29H,9-10,14H2,1-2H3. The van der Waals surface area contributed by atoms with E-state index in [1.54, 1.807) is 7.11 Å². The van der Waals surface area contributed by atoms with Crippen molar-refractivity contribution in [3.8, 4) is 17.2 Å². The van der Waals surface area contributed by atoms with Crippen LogP contribution in [0.4, 0.5) is 5.69 Å². The van der Waals surface area contributed by atoms with Crippen LogP contribution in [0, 0.1) is 0 Å². The van der Waals surface area contributed by atoms with Crippen LogP contribution in [0.15, 0.2) is 54.6 Å². The molecule has 4 rings (SSSR count). The SMILES string of the molecule is COc1ccc2c(c1)[nH]c1cc(OCCNCC(O)c3ccc(O)c(NS(C)(=O)=O)c3)ccc12. The van der Waals surface area contributed by atoms with Gasteiger partial charge in [-0.15, -0.1) is 0 Å². The Bertz CT molecular complexity index is 1420. The van der Waals surface area contributed by atoms with Gasteiger partial charge in [0.2, 0.25) is 10.0 Å². The molecule has 0 aliphatic rings. The van der Waals surface area contributed by atoms with Gasteiger partial charge in [0, 0.05) is 36.0 Å². The summed E-state index contributed by atoms with van der Waals surface area (Å²) in [6.07, 6.45) is 0.102. The molecular formula is C24H27N3O6S. The van der Waals surface area contributed by atoms with Gasteiger partial charge in [-0.25, -0.2) is 8.42 Å². The number of phenolic OH excluding ortho intramolecular Hbond substituents is 1. The third kappa shape index (κ3) is 5.53. The van der Waals surface area contributed by atoms with Gasteiger partial charge in [-0.1, -0.05) is 6.07 Å². The Morgan fingerprint density at radius 2 is 1.68 bits per heavy atom. The first-order valence-electron chi connectivity index (χ1n) is 10.7. The number of aromatic hydroxyl groups is 1. The number of aromatic nitrogens is 1. The van der Waals surface area contributed by atoms with Crippen LogP contribution in [0.1, 0.15) is 11.7 Å². The van der Waals surface area contributed by atoms with Crippen LogP contribution < -0.4 is 19.5 Å². The number of hydrogen-bond acceptors (Lipinski definition) is 7. The zero-order chi connectivity index (χ0) is 24.3. The number of aliphatic hydroxyl groups is 1. The number of methoxy groups -OCH3 is 1. The molecule has 1 unspecified atom stereocenters. The summed E-state index contributed by atoms with van der Waals surface area (Å²) in [6.45, 7) is 1.11. The summed E-state index contributed by atoms with van der Waals surface area (Å²) in [7, 11) is -1.91. The molecule has 9 nitrogen and oxygen atoms in total. The second-order valence-electron chi connectivity index (χ2n) is 7.96. The molecule has 5 N–H and O–H groups in total. The topological polar surface area (TPSA) is 133 Å². The summed E-state index contributed by atoms with van der Waals surface area (Å²) in [5, 5.41) is 25.5. The highest BCUT2D eigenvalue weighted by molar-refractivity contribution is 7.92. The van der Waals surface area contributed by atoms with E-state index in [1.165, 1.54) is 18.2 Å². The van der Waals surface area contributed by atoms with Crippen molar-refractivity contribution >= 4 is 37.5 Å². The Morgan fingerprint density at radius 1 is 1.00 bits per heavy atom. The summed E-state index contributed by atoms with van der Waals surface area (Å²) in [5.41, 5.74) is 2.45. The van der Waals surface area contributed by atoms with E-state index in [0.29, 0.717) is 18.7 Å². The molecule has 1 aromatic heterocycles. The summed E-state index contributed by atoms with van der Waals surface area (Å²) < 4.78 is 36.2. The number of sulfonamides is 1. The highest BCUT2D eigenvalue weighted by Gasteiger charge is 2.13. The third-order valence-electron chi connectivity index (χ3n) is 5.36. The Hall–Kier alpha value is -3.47. The number of rotatable bonds is 10. The van der Waals surface area contributed by atoms with Gasteiger partial charge in [0.15, 0.2) is 0 Å². The van der Waals surface area contributed by atoms with Gasteiger partial charge in [-0.2, -0.15) is 0 Å². The zero-order valence-electron chi connectivity index (χ0n) is 18.8. The number of phenols is 1. The number of benzene rings is 3. The fraction of sp³-hybridized carbons (Fsp3) is 0.250. The number of aliphatic hydroxyl groups excluding tert-OH is 1. The summed E-state index contributed by atoms with van der Waals surface area (Å²) in [5.74, 6) is 1.30. The van der Waals surface area contributed by atoms with Crippen molar-refractivity contribution in [2.75, 3.05) is 37.8 Å². The van der Waals surface area contributed by atoms with E-state index < -0.39 is 16.1 Å². The molecule has 3 aromatic carbocycles. The van der Waals surface area contributed by atoms with E-state index in [0.717, 1.165) is 39.6 Å². The minimum atomic E-state index is -3.55. The molecule has 0 bridgehead atoms. The largest absolute Gasteiger partial charge is 0.506 e. The van der Waals surface area contributed by atoms with Gasteiger partial charge >= 0.3 is 0 Å². The Balaban J connectivity index is 1.30. The van der Waals surface area contributed by atoms with Crippen LogP contribution in [0.2, 0.25) is 0 Å². The lowest BCUT2D eigenvalue weighted by atomic mass is 10.1. The number of nitrogens with one attached hydrogen (secondary N) is 3. The quantitative estimate of drug-likeness (QED) is 0.172. The first-order chi connectivity index (χ1) is 16.2. The van der Waals surface area contributed by atoms with E-state index in [1.807, 2.05) is 36.4 Å². The molecule has 0 radical (unpaired) electrons. The van der Waals surface area contributed by atoms with Gasteiger partial charge in [0.05, 0.1) is 36.2 Å². The third-order valence-corrected chi connectivity index (χ3v) is 5.95. The monoisotopic (exact) mass is 485 g/mol. The minimum absolute atomic E-state index is 0.0215. The summed E-state index contributed by atoms with van der Waals surface area (Å²) in [6, 6.07) is 16.1. The fourth-order valence-electron chi connectivity index (χ4n) is 3.73. The normalized spacial score (nSPS) is 12.7. The molecule has 0 amide bonds. The van der Waals surface area contributed by atoms with Crippen LogP contribution in [0.5, 0.6) is 17.2 Å². The molecule has 4 aromatic rings. The molecule has 1 atom stereocenters.